The zero-order chi connectivity index (χ0) is 18.4. The number of likely N-dealkylation sites (tertiary alicyclic amines) is 1. The molecule has 1 amide bonds. The fourth-order valence-corrected chi connectivity index (χ4v) is 6.58. The van der Waals surface area contributed by atoms with Gasteiger partial charge in [0, 0.05) is 18.7 Å². The van der Waals surface area contributed by atoms with E-state index in [2.05, 4.69) is 15.1 Å². The quantitative estimate of drug-likeness (QED) is 0.814. The molecule has 1 unspecified atom stereocenters. The Balaban J connectivity index is 1.26. The van der Waals surface area contributed by atoms with Crippen molar-refractivity contribution in [1.82, 2.24) is 15.1 Å². The summed E-state index contributed by atoms with van der Waals surface area (Å²) in [7, 11) is 1.57. The van der Waals surface area contributed by atoms with E-state index in [9.17, 15) is 4.79 Å². The molecule has 146 valence electrons. The molecule has 5 aliphatic rings. The van der Waals surface area contributed by atoms with Gasteiger partial charge in [-0.3, -0.25) is 4.79 Å². The number of rotatable bonds is 4. The summed E-state index contributed by atoms with van der Waals surface area (Å²) in [5.41, 5.74) is -0.0590. The number of piperidine rings is 1. The van der Waals surface area contributed by atoms with Crippen molar-refractivity contribution in [2.45, 2.75) is 57.5 Å². The Labute approximate surface area is 160 Å². The molecule has 2 heterocycles. The topological polar surface area (TPSA) is 64.6 Å². The fraction of sp³-hybridized carbons (Fsp3) is 0.762. The first kappa shape index (κ1) is 17.3. The summed E-state index contributed by atoms with van der Waals surface area (Å²) in [5, 5.41) is 8.03. The fourth-order valence-electron chi connectivity index (χ4n) is 6.58. The highest BCUT2D eigenvalue weighted by Gasteiger charge is 2.55. The van der Waals surface area contributed by atoms with Crippen LogP contribution in [0.3, 0.4) is 0 Å². The van der Waals surface area contributed by atoms with Crippen LogP contribution in [-0.2, 0) is 4.79 Å². The van der Waals surface area contributed by atoms with E-state index < -0.39 is 0 Å². The van der Waals surface area contributed by atoms with E-state index in [0.29, 0.717) is 24.2 Å². The summed E-state index contributed by atoms with van der Waals surface area (Å²) < 4.78 is 11.1. The Morgan fingerprint density at radius 1 is 1.07 bits per heavy atom. The minimum Gasteiger partial charge on any atom is -0.480 e. The van der Waals surface area contributed by atoms with Gasteiger partial charge in [0.2, 0.25) is 17.7 Å². The van der Waals surface area contributed by atoms with Gasteiger partial charge in [-0.05, 0) is 69.1 Å². The van der Waals surface area contributed by atoms with Crippen molar-refractivity contribution in [1.29, 1.82) is 0 Å². The Bertz CT molecular complexity index is 670. The third kappa shape index (κ3) is 3.17. The van der Waals surface area contributed by atoms with Gasteiger partial charge in [-0.2, -0.15) is 0 Å². The molecule has 1 aromatic heterocycles. The second-order valence-corrected chi connectivity index (χ2v) is 9.25. The molecule has 1 aliphatic heterocycles. The number of hydrogen-bond donors (Lipinski definition) is 0. The molecule has 4 saturated carbocycles. The predicted molar refractivity (Wildman–Crippen MR) is 99.4 cm³/mol. The van der Waals surface area contributed by atoms with Gasteiger partial charge >= 0.3 is 0 Å². The van der Waals surface area contributed by atoms with Crippen LogP contribution in [0.1, 0.15) is 51.4 Å². The third-order valence-corrected chi connectivity index (χ3v) is 7.27. The first-order valence-corrected chi connectivity index (χ1v) is 10.5. The normalized spacial score (nSPS) is 37.3. The Hall–Kier alpha value is -1.85. The zero-order valence-corrected chi connectivity index (χ0v) is 16.1. The number of aromatic nitrogens is 2. The van der Waals surface area contributed by atoms with E-state index in [1.54, 1.807) is 19.2 Å². The van der Waals surface area contributed by atoms with Crippen LogP contribution in [0.4, 0.5) is 0 Å². The highest BCUT2D eigenvalue weighted by Crippen LogP contribution is 2.60. The summed E-state index contributed by atoms with van der Waals surface area (Å²) in [6, 6.07) is 3.54. The van der Waals surface area contributed by atoms with Crippen molar-refractivity contribution in [3.63, 3.8) is 0 Å². The highest BCUT2D eigenvalue weighted by atomic mass is 16.5. The van der Waals surface area contributed by atoms with Crippen LogP contribution in [0.5, 0.6) is 11.8 Å². The monoisotopic (exact) mass is 371 g/mol. The van der Waals surface area contributed by atoms with Gasteiger partial charge < -0.3 is 14.4 Å². The summed E-state index contributed by atoms with van der Waals surface area (Å²) in [4.78, 5) is 15.7. The molecule has 1 aromatic rings. The van der Waals surface area contributed by atoms with Crippen LogP contribution in [0, 0.1) is 23.2 Å². The van der Waals surface area contributed by atoms with Crippen molar-refractivity contribution in [2.75, 3.05) is 20.2 Å². The van der Waals surface area contributed by atoms with E-state index in [1.807, 2.05) is 0 Å². The number of ether oxygens (including phenoxy) is 2. The summed E-state index contributed by atoms with van der Waals surface area (Å²) in [5.74, 6) is 3.79. The molecule has 27 heavy (non-hydrogen) atoms. The minimum absolute atomic E-state index is 0.000641. The molecule has 0 aromatic carbocycles. The molecule has 5 fully saturated rings. The lowest BCUT2D eigenvalue weighted by molar-refractivity contribution is -0.160. The smallest absolute Gasteiger partial charge is 0.233 e. The number of amides is 1. The number of methoxy groups -OCH3 is 1. The van der Waals surface area contributed by atoms with Gasteiger partial charge in [-0.1, -0.05) is 0 Å². The lowest BCUT2D eigenvalue weighted by Gasteiger charge is -2.57. The van der Waals surface area contributed by atoms with Crippen molar-refractivity contribution in [3.8, 4) is 11.8 Å². The second-order valence-electron chi connectivity index (χ2n) is 9.25. The predicted octanol–water partition coefficient (Wildman–Crippen LogP) is 3.07. The molecule has 6 nitrogen and oxygen atoms in total. The molecule has 6 heteroatoms. The number of nitrogens with zero attached hydrogens (tertiary/aromatic N) is 3. The number of hydrogen-bond acceptors (Lipinski definition) is 5. The SMILES string of the molecule is COc1ccc(OC2CCCN(C(=O)C34CC5CC(CC(C5)C3)C4)C2)nn1. The third-order valence-electron chi connectivity index (χ3n) is 7.27. The molecule has 4 aliphatic carbocycles. The van der Waals surface area contributed by atoms with E-state index in [4.69, 9.17) is 9.47 Å². The maximum atomic E-state index is 13.6. The van der Waals surface area contributed by atoms with E-state index in [-0.39, 0.29) is 11.5 Å². The molecule has 0 spiro atoms. The molecule has 6 rings (SSSR count). The Morgan fingerprint density at radius 3 is 2.30 bits per heavy atom. The maximum Gasteiger partial charge on any atom is 0.233 e. The first-order chi connectivity index (χ1) is 13.1. The second kappa shape index (κ2) is 6.64. The van der Waals surface area contributed by atoms with Crippen LogP contribution in [-0.4, -0.2) is 47.3 Å². The van der Waals surface area contributed by atoms with Crippen LogP contribution >= 0.6 is 0 Å². The largest absolute Gasteiger partial charge is 0.480 e. The van der Waals surface area contributed by atoms with Gasteiger partial charge in [-0.25, -0.2) is 0 Å². The van der Waals surface area contributed by atoms with Crippen molar-refractivity contribution in [2.24, 2.45) is 23.2 Å². The Kier molecular flexibility index (Phi) is 4.25. The standard InChI is InChI=1S/C21H29N3O3/c1-26-18-4-5-19(23-22-18)27-17-3-2-6-24(13-17)20(25)21-10-14-7-15(11-21)9-16(8-14)12-21/h4-5,14-17H,2-3,6-13H2,1H3. The Morgan fingerprint density at radius 2 is 1.70 bits per heavy atom. The van der Waals surface area contributed by atoms with Gasteiger partial charge in [0.1, 0.15) is 6.10 Å². The molecular formula is C21H29N3O3. The van der Waals surface area contributed by atoms with Crippen LogP contribution in [0.25, 0.3) is 0 Å². The zero-order valence-electron chi connectivity index (χ0n) is 16.1. The average molecular weight is 371 g/mol. The van der Waals surface area contributed by atoms with E-state index >= 15 is 0 Å². The van der Waals surface area contributed by atoms with E-state index in [1.165, 1.54) is 19.3 Å². The highest BCUT2D eigenvalue weighted by molar-refractivity contribution is 5.83. The van der Waals surface area contributed by atoms with Gasteiger partial charge in [0.15, 0.2) is 0 Å². The molecule has 0 N–H and O–H groups in total. The molecular weight excluding hydrogens is 342 g/mol. The molecule has 1 atom stereocenters. The summed E-state index contributed by atoms with van der Waals surface area (Å²) in [6.07, 6.45) is 9.44. The van der Waals surface area contributed by atoms with Crippen LogP contribution < -0.4 is 9.47 Å². The lowest BCUT2D eigenvalue weighted by Crippen LogP contribution is -2.57. The van der Waals surface area contributed by atoms with Crippen molar-refractivity contribution in [3.05, 3.63) is 12.1 Å². The maximum absolute atomic E-state index is 13.6. The van der Waals surface area contributed by atoms with Gasteiger partial charge in [-0.15, -0.1) is 10.2 Å². The summed E-state index contributed by atoms with van der Waals surface area (Å²) in [6.45, 7) is 1.54. The van der Waals surface area contributed by atoms with E-state index in [0.717, 1.165) is 56.4 Å². The van der Waals surface area contributed by atoms with Gasteiger partial charge in [0.05, 0.1) is 19.1 Å². The van der Waals surface area contributed by atoms with Crippen molar-refractivity contribution < 1.29 is 14.3 Å². The minimum atomic E-state index is -0.0590. The van der Waals surface area contributed by atoms with Crippen molar-refractivity contribution >= 4 is 5.91 Å². The molecule has 0 radical (unpaired) electrons. The van der Waals surface area contributed by atoms with Crippen LogP contribution in [0.15, 0.2) is 12.1 Å². The lowest BCUT2D eigenvalue weighted by atomic mass is 9.49. The number of carbonyl (C=O) groups excluding carboxylic acids is 1. The summed E-state index contributed by atoms with van der Waals surface area (Å²) >= 11 is 0. The molecule has 1 saturated heterocycles. The average Bonchev–Trinajstić information content (AvgIpc) is 2.67. The van der Waals surface area contributed by atoms with Gasteiger partial charge in [0.25, 0.3) is 0 Å². The first-order valence-electron chi connectivity index (χ1n) is 10.5. The van der Waals surface area contributed by atoms with Crippen LogP contribution in [0.2, 0.25) is 0 Å². The molecule has 4 bridgehead atoms. The number of carbonyl (C=O) groups is 1.